The smallest absolute Gasteiger partial charge is 0.270 e. The SMILES string of the molecule is CC(C)N=C(/C=C\N)C(=O)NC(C(=O)Nc1cc2c(cn1)C1(CCOCC1)C(=O)N2)C(C1CC1)C1CC1. The molecule has 1 spiro atoms. The molecule has 10 heteroatoms. The first-order valence-electron chi connectivity index (χ1n) is 13.3. The maximum Gasteiger partial charge on any atom is 0.270 e. The minimum Gasteiger partial charge on any atom is -0.405 e. The molecule has 5 N–H and O–H groups in total. The van der Waals surface area contributed by atoms with Gasteiger partial charge >= 0.3 is 0 Å². The van der Waals surface area contributed by atoms with Crippen molar-refractivity contribution in [2.45, 2.75) is 69.9 Å². The van der Waals surface area contributed by atoms with Crippen molar-refractivity contribution in [3.63, 3.8) is 0 Å². The molecular weight excluding hydrogens is 472 g/mol. The third-order valence-electron chi connectivity index (χ3n) is 7.87. The third-order valence-corrected chi connectivity index (χ3v) is 7.87. The predicted molar refractivity (Wildman–Crippen MR) is 140 cm³/mol. The van der Waals surface area contributed by atoms with E-state index in [4.69, 9.17) is 10.5 Å². The standard InChI is InChI=1S/C27H36N6O4/c1-15(2)30-19(7-10-28)24(34)33-23(22(16-3-4-16)17-5-6-17)25(35)32-21-13-20-18(14-29-21)27(26(36)31-20)8-11-37-12-9-27/h7,10,13-17,22-23H,3-6,8-9,11-12,28H2,1-2H3,(H,31,36)(H,33,34)(H,29,32,35)/b10-7-,30-19?. The molecule has 1 aromatic heterocycles. The van der Waals surface area contributed by atoms with Crippen LogP contribution >= 0.6 is 0 Å². The average molecular weight is 509 g/mol. The zero-order chi connectivity index (χ0) is 26.2. The van der Waals surface area contributed by atoms with Crippen LogP contribution in [0, 0.1) is 17.8 Å². The highest BCUT2D eigenvalue weighted by Crippen LogP contribution is 2.51. The van der Waals surface area contributed by atoms with Gasteiger partial charge in [-0.05, 0) is 82.4 Å². The lowest BCUT2D eigenvalue weighted by Crippen LogP contribution is -2.51. The Morgan fingerprint density at radius 3 is 2.49 bits per heavy atom. The Morgan fingerprint density at radius 2 is 1.89 bits per heavy atom. The van der Waals surface area contributed by atoms with Gasteiger partial charge in [-0.3, -0.25) is 19.4 Å². The first-order valence-corrected chi connectivity index (χ1v) is 13.3. The molecular formula is C27H36N6O4. The summed E-state index contributed by atoms with van der Waals surface area (Å²) < 4.78 is 5.47. The Hall–Kier alpha value is -3.27. The van der Waals surface area contributed by atoms with Crippen molar-refractivity contribution >= 4 is 34.9 Å². The summed E-state index contributed by atoms with van der Waals surface area (Å²) in [5.74, 6) is 0.461. The van der Waals surface area contributed by atoms with Crippen molar-refractivity contribution in [2.75, 3.05) is 23.8 Å². The highest BCUT2D eigenvalue weighted by atomic mass is 16.5. The van der Waals surface area contributed by atoms with Crippen LogP contribution in [0.1, 0.15) is 57.9 Å². The minimum absolute atomic E-state index is 0.0475. The summed E-state index contributed by atoms with van der Waals surface area (Å²) in [4.78, 5) is 48.6. The molecule has 0 radical (unpaired) electrons. The summed E-state index contributed by atoms with van der Waals surface area (Å²) in [6.07, 6.45) is 9.88. The number of aromatic nitrogens is 1. The molecule has 2 aliphatic carbocycles. The van der Waals surface area contributed by atoms with Gasteiger partial charge in [-0.1, -0.05) is 0 Å². The van der Waals surface area contributed by atoms with Crippen molar-refractivity contribution in [1.29, 1.82) is 0 Å². The molecule has 3 heterocycles. The second-order valence-corrected chi connectivity index (χ2v) is 10.9. The summed E-state index contributed by atoms with van der Waals surface area (Å²) >= 11 is 0. The number of anilines is 2. The summed E-state index contributed by atoms with van der Waals surface area (Å²) in [6.45, 7) is 4.80. The highest BCUT2D eigenvalue weighted by Gasteiger charge is 2.50. The molecule has 1 saturated heterocycles. The molecule has 0 aromatic carbocycles. The Labute approximate surface area is 216 Å². The maximum atomic E-state index is 13.7. The van der Waals surface area contributed by atoms with E-state index in [-0.39, 0.29) is 29.5 Å². The zero-order valence-electron chi connectivity index (χ0n) is 21.5. The molecule has 198 valence electrons. The van der Waals surface area contributed by atoms with E-state index in [1.54, 1.807) is 12.3 Å². The lowest BCUT2D eigenvalue weighted by molar-refractivity contribution is -0.124. The molecule has 3 amide bonds. The second-order valence-electron chi connectivity index (χ2n) is 10.9. The minimum atomic E-state index is -0.720. The van der Waals surface area contributed by atoms with E-state index < -0.39 is 17.4 Å². The van der Waals surface area contributed by atoms with Crippen LogP contribution in [0.2, 0.25) is 0 Å². The average Bonchev–Trinajstić information content (AvgIpc) is 3.79. The highest BCUT2D eigenvalue weighted by molar-refractivity contribution is 6.43. The van der Waals surface area contributed by atoms with Crippen LogP contribution in [0.5, 0.6) is 0 Å². The number of pyridine rings is 1. The number of hydrogen-bond acceptors (Lipinski definition) is 7. The molecule has 3 fully saturated rings. The number of nitrogens with zero attached hydrogens (tertiary/aromatic N) is 2. The molecule has 1 aromatic rings. The van der Waals surface area contributed by atoms with Gasteiger partial charge in [-0.2, -0.15) is 0 Å². The number of carbonyl (C=O) groups excluding carboxylic acids is 3. The van der Waals surface area contributed by atoms with Crippen LogP contribution in [0.4, 0.5) is 11.5 Å². The van der Waals surface area contributed by atoms with Crippen LogP contribution < -0.4 is 21.7 Å². The number of nitrogens with one attached hydrogen (secondary N) is 3. The van der Waals surface area contributed by atoms with E-state index in [1.165, 1.54) is 12.3 Å². The fourth-order valence-corrected chi connectivity index (χ4v) is 5.78. The summed E-state index contributed by atoms with van der Waals surface area (Å²) in [5.41, 5.74) is 6.64. The molecule has 2 saturated carbocycles. The van der Waals surface area contributed by atoms with Crippen LogP contribution in [0.15, 0.2) is 29.5 Å². The van der Waals surface area contributed by atoms with Gasteiger partial charge in [-0.25, -0.2) is 4.98 Å². The lowest BCUT2D eigenvalue weighted by atomic mass is 9.76. The number of ether oxygens (including phenoxy) is 1. The molecule has 1 unspecified atom stereocenters. The molecule has 0 bridgehead atoms. The van der Waals surface area contributed by atoms with Crippen LogP contribution in [-0.2, 0) is 24.5 Å². The van der Waals surface area contributed by atoms with Crippen LogP contribution in [-0.4, -0.2) is 53.7 Å². The predicted octanol–water partition coefficient (Wildman–Crippen LogP) is 2.26. The first kappa shape index (κ1) is 25.4. The maximum absolute atomic E-state index is 13.7. The molecule has 37 heavy (non-hydrogen) atoms. The zero-order valence-corrected chi connectivity index (χ0v) is 21.5. The Bertz CT molecular complexity index is 1120. The number of hydrogen-bond donors (Lipinski definition) is 4. The number of nitrogens with two attached hydrogens (primary N) is 1. The molecule has 2 aliphatic heterocycles. The van der Waals surface area contributed by atoms with Crippen molar-refractivity contribution in [1.82, 2.24) is 10.3 Å². The number of rotatable bonds is 9. The van der Waals surface area contributed by atoms with Gasteiger partial charge in [0.2, 0.25) is 11.8 Å². The Balaban J connectivity index is 1.37. The molecule has 5 rings (SSSR count). The van der Waals surface area contributed by atoms with Gasteiger partial charge in [0.15, 0.2) is 0 Å². The van der Waals surface area contributed by atoms with Gasteiger partial charge in [-0.15, -0.1) is 0 Å². The molecule has 1 atom stereocenters. The fourth-order valence-electron chi connectivity index (χ4n) is 5.78. The number of carbonyl (C=O) groups is 3. The number of fused-ring (bicyclic) bond motifs is 2. The van der Waals surface area contributed by atoms with Gasteiger partial charge in [0.05, 0.1) is 11.1 Å². The monoisotopic (exact) mass is 508 g/mol. The molecule has 4 aliphatic rings. The van der Waals surface area contributed by atoms with Crippen LogP contribution in [0.25, 0.3) is 0 Å². The van der Waals surface area contributed by atoms with Crippen molar-refractivity contribution in [2.24, 2.45) is 28.5 Å². The normalized spacial score (nSPS) is 21.8. The largest absolute Gasteiger partial charge is 0.405 e. The second kappa shape index (κ2) is 10.2. The fraction of sp³-hybridized carbons (Fsp3) is 0.593. The number of amides is 3. The van der Waals surface area contributed by atoms with Gasteiger partial charge in [0.1, 0.15) is 17.6 Å². The van der Waals surface area contributed by atoms with Crippen molar-refractivity contribution < 1.29 is 19.1 Å². The lowest BCUT2D eigenvalue weighted by Gasteiger charge is -2.31. The van der Waals surface area contributed by atoms with Gasteiger partial charge in [0.25, 0.3) is 5.91 Å². The van der Waals surface area contributed by atoms with Crippen LogP contribution in [0.3, 0.4) is 0 Å². The number of aliphatic imine (C=N–C) groups is 1. The van der Waals surface area contributed by atoms with Crippen molar-refractivity contribution in [3.8, 4) is 0 Å². The van der Waals surface area contributed by atoms with Crippen molar-refractivity contribution in [3.05, 3.63) is 30.1 Å². The van der Waals surface area contributed by atoms with Gasteiger partial charge < -0.3 is 26.4 Å². The first-order chi connectivity index (χ1) is 17.8. The summed E-state index contributed by atoms with van der Waals surface area (Å²) in [7, 11) is 0. The van der Waals surface area contributed by atoms with E-state index in [9.17, 15) is 14.4 Å². The van der Waals surface area contributed by atoms with E-state index in [0.29, 0.717) is 49.4 Å². The molecule has 10 nitrogen and oxygen atoms in total. The Kier molecular flexibility index (Phi) is 7.02. The van der Waals surface area contributed by atoms with E-state index in [0.717, 1.165) is 31.2 Å². The summed E-state index contributed by atoms with van der Waals surface area (Å²) in [6, 6.07) is 0.888. The van der Waals surface area contributed by atoms with E-state index in [2.05, 4.69) is 25.9 Å². The third kappa shape index (κ3) is 5.25. The van der Waals surface area contributed by atoms with Gasteiger partial charge in [0, 0.05) is 37.1 Å². The quantitative estimate of drug-likeness (QED) is 0.376. The summed E-state index contributed by atoms with van der Waals surface area (Å²) in [5, 5.41) is 8.86. The van der Waals surface area contributed by atoms with E-state index in [1.807, 2.05) is 13.8 Å². The topological polar surface area (TPSA) is 148 Å². The van der Waals surface area contributed by atoms with E-state index >= 15 is 0 Å². The Morgan fingerprint density at radius 1 is 1.22 bits per heavy atom.